The molecule has 0 aromatic heterocycles. The quantitative estimate of drug-likeness (QED) is 0.507. The molecule has 4 aliphatic rings. The molecular formula is C6H12N4Pd. The fourth-order valence-corrected chi connectivity index (χ4v) is 2.23. The summed E-state index contributed by atoms with van der Waals surface area (Å²) < 4.78 is 0. The summed E-state index contributed by atoms with van der Waals surface area (Å²) >= 11 is 0. The van der Waals surface area contributed by atoms with Gasteiger partial charge >= 0.3 is 0 Å². The van der Waals surface area contributed by atoms with Crippen LogP contribution in [-0.2, 0) is 20.4 Å². The second-order valence-corrected chi connectivity index (χ2v) is 3.53. The molecule has 0 aromatic rings. The monoisotopic (exact) mass is 246 g/mol. The van der Waals surface area contributed by atoms with Crippen LogP contribution < -0.4 is 0 Å². The standard InChI is InChI=1S/C6H12N4.Pd/c1-7-2-9-4-8(1)5-10(3-7)6-9;/h1-6H2;. The van der Waals surface area contributed by atoms with Crippen LogP contribution in [0, 0.1) is 0 Å². The molecule has 0 aromatic carbocycles. The first kappa shape index (κ1) is 8.12. The summed E-state index contributed by atoms with van der Waals surface area (Å²) in [7, 11) is 0. The first-order valence-corrected chi connectivity index (χ1v) is 3.79. The van der Waals surface area contributed by atoms with Crippen molar-refractivity contribution in [3.63, 3.8) is 0 Å². The summed E-state index contributed by atoms with van der Waals surface area (Å²) in [6.07, 6.45) is 0. The zero-order chi connectivity index (χ0) is 6.55. The van der Waals surface area contributed by atoms with Crippen LogP contribution in [0.25, 0.3) is 0 Å². The van der Waals surface area contributed by atoms with Gasteiger partial charge < -0.3 is 0 Å². The van der Waals surface area contributed by atoms with Gasteiger partial charge in [-0.15, -0.1) is 0 Å². The third-order valence-corrected chi connectivity index (χ3v) is 2.40. The van der Waals surface area contributed by atoms with Crippen molar-refractivity contribution < 1.29 is 20.4 Å². The van der Waals surface area contributed by atoms with Gasteiger partial charge in [-0.2, -0.15) is 0 Å². The Labute approximate surface area is 80.4 Å². The summed E-state index contributed by atoms with van der Waals surface area (Å²) in [6.45, 7) is 7.12. The van der Waals surface area contributed by atoms with E-state index in [-0.39, 0.29) is 20.4 Å². The van der Waals surface area contributed by atoms with Crippen LogP contribution in [0.15, 0.2) is 0 Å². The summed E-state index contributed by atoms with van der Waals surface area (Å²) in [4.78, 5) is 9.88. The Bertz CT molecular complexity index is 106. The van der Waals surface area contributed by atoms with Gasteiger partial charge in [0, 0.05) is 20.4 Å². The summed E-state index contributed by atoms with van der Waals surface area (Å²) in [6, 6.07) is 0. The van der Waals surface area contributed by atoms with Gasteiger partial charge in [-0.25, -0.2) is 0 Å². The van der Waals surface area contributed by atoms with E-state index in [9.17, 15) is 0 Å². The third kappa shape index (κ3) is 1.26. The Kier molecular flexibility index (Phi) is 2.04. The van der Waals surface area contributed by atoms with Crippen LogP contribution >= 0.6 is 0 Å². The zero-order valence-corrected chi connectivity index (χ0v) is 7.90. The van der Waals surface area contributed by atoms with Crippen LogP contribution in [0.4, 0.5) is 0 Å². The molecule has 0 saturated carbocycles. The van der Waals surface area contributed by atoms with Crippen molar-refractivity contribution in [2.45, 2.75) is 0 Å². The molecule has 11 heavy (non-hydrogen) atoms. The Hall–Kier alpha value is 0.502. The van der Waals surface area contributed by atoms with E-state index in [4.69, 9.17) is 0 Å². The Morgan fingerprint density at radius 1 is 0.455 bits per heavy atom. The van der Waals surface area contributed by atoms with Gasteiger partial charge in [0.05, 0.1) is 40.0 Å². The van der Waals surface area contributed by atoms with E-state index < -0.39 is 0 Å². The first-order valence-electron chi connectivity index (χ1n) is 3.79. The number of rotatable bonds is 0. The van der Waals surface area contributed by atoms with Crippen molar-refractivity contribution in [2.75, 3.05) is 40.0 Å². The minimum Gasteiger partial charge on any atom is -0.264 e. The van der Waals surface area contributed by atoms with Crippen molar-refractivity contribution in [1.29, 1.82) is 0 Å². The smallest absolute Gasteiger partial charge is 0.0555 e. The molecule has 4 nitrogen and oxygen atoms in total. The van der Waals surface area contributed by atoms with Crippen LogP contribution in [0.2, 0.25) is 0 Å². The predicted molar refractivity (Wildman–Crippen MR) is 36.6 cm³/mol. The summed E-state index contributed by atoms with van der Waals surface area (Å²) in [5.74, 6) is 0. The molecule has 4 fully saturated rings. The molecule has 0 atom stereocenters. The molecule has 66 valence electrons. The van der Waals surface area contributed by atoms with Crippen molar-refractivity contribution in [3.05, 3.63) is 0 Å². The van der Waals surface area contributed by atoms with Crippen molar-refractivity contribution in [2.24, 2.45) is 0 Å². The van der Waals surface area contributed by atoms with Gasteiger partial charge in [0.25, 0.3) is 0 Å². The van der Waals surface area contributed by atoms with E-state index in [0.717, 1.165) is 0 Å². The topological polar surface area (TPSA) is 13.0 Å². The molecule has 4 bridgehead atoms. The number of hydrogen-bond acceptors (Lipinski definition) is 4. The van der Waals surface area contributed by atoms with Crippen molar-refractivity contribution in [3.8, 4) is 0 Å². The molecule has 5 heteroatoms. The largest absolute Gasteiger partial charge is 0.264 e. The minimum absolute atomic E-state index is 0. The summed E-state index contributed by atoms with van der Waals surface area (Å²) in [5, 5.41) is 0. The second kappa shape index (κ2) is 2.77. The molecule has 0 N–H and O–H groups in total. The van der Waals surface area contributed by atoms with Crippen LogP contribution in [0.1, 0.15) is 0 Å². The molecule has 0 spiro atoms. The molecular weight excluding hydrogens is 235 g/mol. The molecule has 0 amide bonds. The fraction of sp³-hybridized carbons (Fsp3) is 1.00. The minimum atomic E-state index is 0. The van der Waals surface area contributed by atoms with Crippen LogP contribution in [-0.4, -0.2) is 59.6 Å². The fourth-order valence-electron chi connectivity index (χ4n) is 2.23. The Morgan fingerprint density at radius 3 is 0.818 bits per heavy atom. The van der Waals surface area contributed by atoms with Crippen LogP contribution in [0.5, 0.6) is 0 Å². The predicted octanol–water partition coefficient (Wildman–Crippen LogP) is -1.02. The van der Waals surface area contributed by atoms with E-state index in [2.05, 4.69) is 19.6 Å². The second-order valence-electron chi connectivity index (χ2n) is 3.53. The maximum Gasteiger partial charge on any atom is 0.0555 e. The third-order valence-electron chi connectivity index (χ3n) is 2.40. The summed E-state index contributed by atoms with van der Waals surface area (Å²) in [5.41, 5.74) is 0. The van der Waals surface area contributed by atoms with Gasteiger partial charge in [0.2, 0.25) is 0 Å². The van der Waals surface area contributed by atoms with Gasteiger partial charge in [-0.1, -0.05) is 0 Å². The number of nitrogens with zero attached hydrogens (tertiary/aromatic N) is 4. The van der Waals surface area contributed by atoms with Gasteiger partial charge in [-0.05, 0) is 0 Å². The van der Waals surface area contributed by atoms with Crippen molar-refractivity contribution in [1.82, 2.24) is 19.6 Å². The van der Waals surface area contributed by atoms with E-state index in [1.54, 1.807) is 0 Å². The maximum atomic E-state index is 2.47. The van der Waals surface area contributed by atoms with E-state index in [0.29, 0.717) is 0 Å². The normalized spacial score (nSPS) is 52.4. The van der Waals surface area contributed by atoms with Gasteiger partial charge in [-0.3, -0.25) is 19.6 Å². The average Bonchev–Trinajstić information content (AvgIpc) is 1.82. The average molecular weight is 247 g/mol. The molecule has 0 aliphatic carbocycles. The molecule has 4 rings (SSSR count). The van der Waals surface area contributed by atoms with Crippen molar-refractivity contribution >= 4 is 0 Å². The van der Waals surface area contributed by atoms with E-state index in [1.807, 2.05) is 0 Å². The Balaban J connectivity index is 0.000000480. The van der Waals surface area contributed by atoms with E-state index in [1.165, 1.54) is 40.0 Å². The molecule has 0 radical (unpaired) electrons. The maximum absolute atomic E-state index is 2.47. The van der Waals surface area contributed by atoms with Crippen LogP contribution in [0.3, 0.4) is 0 Å². The zero-order valence-electron chi connectivity index (χ0n) is 6.35. The van der Waals surface area contributed by atoms with Gasteiger partial charge in [0.1, 0.15) is 0 Å². The SMILES string of the molecule is C1N2CN3CN1CN(C2)C3.[Pd]. The molecule has 4 heterocycles. The Morgan fingerprint density at radius 2 is 0.636 bits per heavy atom. The molecule has 4 aliphatic heterocycles. The van der Waals surface area contributed by atoms with Gasteiger partial charge in [0.15, 0.2) is 0 Å². The number of hydrogen-bond donors (Lipinski definition) is 0. The van der Waals surface area contributed by atoms with E-state index >= 15 is 0 Å². The first-order chi connectivity index (χ1) is 4.90. The molecule has 4 saturated heterocycles. The molecule has 0 unspecified atom stereocenters.